The average Bonchev–Trinajstić information content (AvgIpc) is 2.40. The summed E-state index contributed by atoms with van der Waals surface area (Å²) in [7, 11) is 0. The van der Waals surface area contributed by atoms with E-state index in [4.69, 9.17) is 4.74 Å². The lowest BCUT2D eigenvalue weighted by Crippen LogP contribution is -2.33. The summed E-state index contributed by atoms with van der Waals surface area (Å²) < 4.78 is 5.35. The van der Waals surface area contributed by atoms with Gasteiger partial charge in [0.2, 0.25) is 11.9 Å². The molecule has 0 bridgehead atoms. The van der Waals surface area contributed by atoms with Gasteiger partial charge in [0, 0.05) is 13.1 Å². The van der Waals surface area contributed by atoms with Crippen LogP contribution in [-0.4, -0.2) is 45.9 Å². The molecule has 1 aromatic heterocycles. The molecule has 0 saturated heterocycles. The summed E-state index contributed by atoms with van der Waals surface area (Å²) in [6.07, 6.45) is 2.55. The fourth-order valence-corrected chi connectivity index (χ4v) is 2.05. The number of ether oxygens (including phenoxy) is 1. The van der Waals surface area contributed by atoms with E-state index in [9.17, 15) is 5.11 Å². The van der Waals surface area contributed by atoms with Crippen molar-refractivity contribution in [1.29, 1.82) is 0 Å². The molecule has 7 heteroatoms. The Morgan fingerprint density at radius 1 is 1.15 bits per heavy atom. The van der Waals surface area contributed by atoms with Crippen molar-refractivity contribution >= 4 is 11.9 Å². The van der Waals surface area contributed by atoms with E-state index in [-0.39, 0.29) is 6.10 Å². The minimum Gasteiger partial charge on any atom is -0.464 e. The number of aliphatic hydroxyl groups is 1. The Kier molecular flexibility index (Phi) is 5.34. The molecule has 3 N–H and O–H groups in total. The maximum atomic E-state index is 9.27. The van der Waals surface area contributed by atoms with Crippen LogP contribution in [0, 0.1) is 5.92 Å². The molecule has 1 aliphatic rings. The number of aromatic nitrogens is 3. The van der Waals surface area contributed by atoms with Gasteiger partial charge in [0.25, 0.3) is 0 Å². The van der Waals surface area contributed by atoms with E-state index in [1.54, 1.807) is 0 Å². The summed E-state index contributed by atoms with van der Waals surface area (Å²) in [6.45, 7) is 6.07. The monoisotopic (exact) mass is 281 g/mol. The zero-order valence-corrected chi connectivity index (χ0v) is 12.1. The molecular formula is C13H23N5O2. The van der Waals surface area contributed by atoms with Crippen LogP contribution < -0.4 is 15.4 Å². The zero-order chi connectivity index (χ0) is 14.4. The van der Waals surface area contributed by atoms with E-state index in [2.05, 4.69) is 32.5 Å². The van der Waals surface area contributed by atoms with Gasteiger partial charge in [-0.1, -0.05) is 6.92 Å². The van der Waals surface area contributed by atoms with Gasteiger partial charge in [0.05, 0.1) is 12.7 Å². The van der Waals surface area contributed by atoms with E-state index >= 15 is 0 Å². The Morgan fingerprint density at radius 3 is 2.45 bits per heavy atom. The summed E-state index contributed by atoms with van der Waals surface area (Å²) in [5, 5.41) is 15.6. The Labute approximate surface area is 119 Å². The predicted octanol–water partition coefficient (Wildman–Crippen LogP) is 1.27. The van der Waals surface area contributed by atoms with Crippen molar-refractivity contribution in [3.05, 3.63) is 0 Å². The van der Waals surface area contributed by atoms with E-state index in [0.29, 0.717) is 30.4 Å². The first-order chi connectivity index (χ1) is 9.71. The summed E-state index contributed by atoms with van der Waals surface area (Å²) in [6, 6.07) is 0.331. The van der Waals surface area contributed by atoms with Gasteiger partial charge in [0.1, 0.15) is 0 Å². The van der Waals surface area contributed by atoms with Gasteiger partial charge >= 0.3 is 6.01 Å². The highest BCUT2D eigenvalue weighted by Gasteiger charge is 2.26. The predicted molar refractivity (Wildman–Crippen MR) is 77.0 cm³/mol. The summed E-state index contributed by atoms with van der Waals surface area (Å²) >= 11 is 0. The third-order valence-electron chi connectivity index (χ3n) is 3.18. The van der Waals surface area contributed by atoms with E-state index in [1.165, 1.54) is 0 Å². The molecule has 0 radical (unpaired) electrons. The third-order valence-corrected chi connectivity index (χ3v) is 3.18. The molecule has 112 valence electrons. The second-order valence-electron chi connectivity index (χ2n) is 5.00. The van der Waals surface area contributed by atoms with Crippen LogP contribution in [0.3, 0.4) is 0 Å². The molecule has 0 unspecified atom stereocenters. The number of nitrogens with zero attached hydrogens (tertiary/aromatic N) is 3. The van der Waals surface area contributed by atoms with Crippen LogP contribution in [0.4, 0.5) is 11.9 Å². The summed E-state index contributed by atoms with van der Waals surface area (Å²) in [5.41, 5.74) is 0. The standard InChI is InChI=1S/C13H23N5O2/c1-3-5-14-11-16-12(18-13(17-11)20-4-2)15-8-9-6-10(19)7-9/h9-10,19H,3-8H2,1-2H3,(H2,14,15,16,17,18). The van der Waals surface area contributed by atoms with Gasteiger partial charge in [-0.15, -0.1) is 0 Å². The largest absolute Gasteiger partial charge is 0.464 e. The van der Waals surface area contributed by atoms with Crippen LogP contribution in [0.2, 0.25) is 0 Å². The van der Waals surface area contributed by atoms with Crippen molar-refractivity contribution in [2.75, 3.05) is 30.3 Å². The molecule has 1 aromatic rings. The molecule has 0 aliphatic heterocycles. The molecule has 1 saturated carbocycles. The summed E-state index contributed by atoms with van der Waals surface area (Å²) in [4.78, 5) is 12.7. The number of hydrogen-bond acceptors (Lipinski definition) is 7. The fourth-order valence-electron chi connectivity index (χ4n) is 2.05. The second-order valence-corrected chi connectivity index (χ2v) is 5.00. The van der Waals surface area contributed by atoms with E-state index in [0.717, 1.165) is 32.4 Å². The molecule has 0 aromatic carbocycles. The molecule has 1 fully saturated rings. The minimum absolute atomic E-state index is 0.138. The molecule has 0 amide bonds. The highest BCUT2D eigenvalue weighted by Crippen LogP contribution is 2.27. The third kappa shape index (κ3) is 4.19. The van der Waals surface area contributed by atoms with Crippen molar-refractivity contribution in [2.45, 2.75) is 39.2 Å². The van der Waals surface area contributed by atoms with Gasteiger partial charge in [-0.05, 0) is 32.1 Å². The molecule has 1 heterocycles. The molecule has 1 aliphatic carbocycles. The van der Waals surface area contributed by atoms with E-state index < -0.39 is 0 Å². The number of rotatable bonds is 8. The van der Waals surface area contributed by atoms with Crippen LogP contribution in [0.25, 0.3) is 0 Å². The van der Waals surface area contributed by atoms with Crippen molar-refractivity contribution in [3.63, 3.8) is 0 Å². The molecule has 2 rings (SSSR count). The number of aliphatic hydroxyl groups excluding tert-OH is 1. The smallest absolute Gasteiger partial charge is 0.323 e. The maximum absolute atomic E-state index is 9.27. The van der Waals surface area contributed by atoms with Gasteiger partial charge < -0.3 is 20.5 Å². The topological polar surface area (TPSA) is 92.2 Å². The Bertz CT molecular complexity index is 423. The van der Waals surface area contributed by atoms with Crippen molar-refractivity contribution < 1.29 is 9.84 Å². The highest BCUT2D eigenvalue weighted by atomic mass is 16.5. The van der Waals surface area contributed by atoms with E-state index in [1.807, 2.05) is 6.92 Å². The lowest BCUT2D eigenvalue weighted by Gasteiger charge is -2.31. The first kappa shape index (κ1) is 14.8. The van der Waals surface area contributed by atoms with Crippen LogP contribution in [0.1, 0.15) is 33.1 Å². The molecule has 0 spiro atoms. The quantitative estimate of drug-likeness (QED) is 0.661. The lowest BCUT2D eigenvalue weighted by atomic mass is 9.82. The van der Waals surface area contributed by atoms with Crippen molar-refractivity contribution in [2.24, 2.45) is 5.92 Å². The van der Waals surface area contributed by atoms with Crippen molar-refractivity contribution in [1.82, 2.24) is 15.0 Å². The van der Waals surface area contributed by atoms with Crippen LogP contribution in [0.15, 0.2) is 0 Å². The highest BCUT2D eigenvalue weighted by molar-refractivity contribution is 5.35. The Balaban J connectivity index is 1.95. The van der Waals surface area contributed by atoms with Gasteiger partial charge in [-0.2, -0.15) is 15.0 Å². The van der Waals surface area contributed by atoms with Crippen molar-refractivity contribution in [3.8, 4) is 6.01 Å². The Hall–Kier alpha value is -1.63. The number of nitrogens with one attached hydrogen (secondary N) is 2. The zero-order valence-electron chi connectivity index (χ0n) is 12.1. The van der Waals surface area contributed by atoms with Gasteiger partial charge in [-0.25, -0.2) is 0 Å². The number of hydrogen-bond donors (Lipinski definition) is 3. The number of anilines is 2. The van der Waals surface area contributed by atoms with Crippen LogP contribution >= 0.6 is 0 Å². The fraction of sp³-hybridized carbons (Fsp3) is 0.769. The second kappa shape index (κ2) is 7.23. The SMILES string of the molecule is CCCNc1nc(NCC2CC(O)C2)nc(OCC)n1. The van der Waals surface area contributed by atoms with Gasteiger partial charge in [-0.3, -0.25) is 0 Å². The molecule has 0 atom stereocenters. The molecule has 7 nitrogen and oxygen atoms in total. The maximum Gasteiger partial charge on any atom is 0.323 e. The Morgan fingerprint density at radius 2 is 1.85 bits per heavy atom. The normalized spacial score (nSPS) is 21.1. The van der Waals surface area contributed by atoms with Crippen LogP contribution in [-0.2, 0) is 0 Å². The lowest BCUT2D eigenvalue weighted by molar-refractivity contribution is 0.0486. The van der Waals surface area contributed by atoms with Gasteiger partial charge in [0.15, 0.2) is 0 Å². The minimum atomic E-state index is -0.138. The first-order valence-electron chi connectivity index (χ1n) is 7.26. The average molecular weight is 281 g/mol. The van der Waals surface area contributed by atoms with Crippen LogP contribution in [0.5, 0.6) is 6.01 Å². The summed E-state index contributed by atoms with van der Waals surface area (Å²) in [5.74, 6) is 1.54. The first-order valence-corrected chi connectivity index (χ1v) is 7.26. The molecular weight excluding hydrogens is 258 g/mol. The molecule has 20 heavy (non-hydrogen) atoms.